The fourth-order valence-electron chi connectivity index (χ4n) is 7.62. The number of ketones is 1. The molecule has 4 aliphatic rings. The average molecular weight is 606 g/mol. The van der Waals surface area contributed by atoms with E-state index in [2.05, 4.69) is 17.7 Å². The van der Waals surface area contributed by atoms with E-state index >= 15 is 0 Å². The third kappa shape index (κ3) is 4.65. The summed E-state index contributed by atoms with van der Waals surface area (Å²) in [4.78, 5) is 28.1. The number of aliphatic hydroxyl groups excluding tert-OH is 1. The summed E-state index contributed by atoms with van der Waals surface area (Å²) in [5.74, 6) is -0.669. The number of ether oxygens (including phenoxy) is 1. The standard InChI is InChI=1S/C33H39N3O6S/c1-3-22-17-35-20-33(11-12-33)43(40,41)34(2)28-15-24(14-27(22)30(28)35)29(37)16-25(13-21-7-5-4-6-8-21)31(38)23-9-10-26-19-42-32(39)36(26)18-23/h4-8,14-15,17,23,25-26,31,38H,3,9-13,16,18-20H2,1-2H3/t23-,25-,26+,31-/m1/s1. The molecule has 2 aromatic carbocycles. The first-order chi connectivity index (χ1) is 20.6. The lowest BCUT2D eigenvalue weighted by molar-refractivity contribution is 0.0111. The number of piperidine rings is 1. The van der Waals surface area contributed by atoms with Crippen molar-refractivity contribution in [1.29, 1.82) is 0 Å². The minimum atomic E-state index is -3.60. The maximum Gasteiger partial charge on any atom is 0.410 e. The highest BCUT2D eigenvalue weighted by Crippen LogP contribution is 2.51. The smallest absolute Gasteiger partial charge is 0.410 e. The van der Waals surface area contributed by atoms with Gasteiger partial charge in [0, 0.05) is 49.6 Å². The largest absolute Gasteiger partial charge is 0.447 e. The van der Waals surface area contributed by atoms with Gasteiger partial charge in [0.1, 0.15) is 11.4 Å². The van der Waals surface area contributed by atoms with Crippen LogP contribution in [0.1, 0.15) is 60.5 Å². The molecule has 0 radical (unpaired) electrons. The first kappa shape index (κ1) is 28.4. The molecule has 43 heavy (non-hydrogen) atoms. The Morgan fingerprint density at radius 3 is 2.65 bits per heavy atom. The van der Waals surface area contributed by atoms with Crippen LogP contribution in [0, 0.1) is 11.8 Å². The molecule has 7 rings (SSSR count). The lowest BCUT2D eigenvalue weighted by atomic mass is 9.78. The van der Waals surface area contributed by atoms with Gasteiger partial charge in [-0.15, -0.1) is 0 Å². The Morgan fingerprint density at radius 2 is 1.93 bits per heavy atom. The van der Waals surface area contributed by atoms with Crippen molar-refractivity contribution in [3.8, 4) is 0 Å². The number of carbonyl (C=O) groups excluding carboxylic acids is 2. The molecule has 4 heterocycles. The third-order valence-electron chi connectivity index (χ3n) is 10.4. The molecule has 3 fully saturated rings. The van der Waals surface area contributed by atoms with Crippen LogP contribution in [0.3, 0.4) is 0 Å². The van der Waals surface area contributed by atoms with Gasteiger partial charge in [-0.3, -0.25) is 9.10 Å². The maximum absolute atomic E-state index is 14.1. The number of cyclic esters (lactones) is 1. The molecule has 228 valence electrons. The van der Waals surface area contributed by atoms with Crippen LogP contribution < -0.4 is 4.31 Å². The van der Waals surface area contributed by atoms with Crippen molar-refractivity contribution in [2.24, 2.45) is 11.8 Å². The van der Waals surface area contributed by atoms with E-state index in [0.29, 0.717) is 50.2 Å². The number of Topliss-reactive ketones (excluding diaryl/α,β-unsaturated/α-hetero) is 1. The first-order valence-electron chi connectivity index (χ1n) is 15.4. The van der Waals surface area contributed by atoms with Crippen molar-refractivity contribution in [2.75, 3.05) is 24.5 Å². The first-order valence-corrected chi connectivity index (χ1v) is 16.9. The molecule has 2 saturated heterocycles. The minimum Gasteiger partial charge on any atom is -0.447 e. The number of carbonyl (C=O) groups is 2. The third-order valence-corrected chi connectivity index (χ3v) is 12.9. The van der Waals surface area contributed by atoms with E-state index in [-0.39, 0.29) is 36.2 Å². The maximum atomic E-state index is 14.1. The molecule has 4 atom stereocenters. The Bertz CT molecular complexity index is 1700. The lowest BCUT2D eigenvalue weighted by Crippen LogP contribution is -2.47. The van der Waals surface area contributed by atoms with Crippen molar-refractivity contribution >= 4 is 38.5 Å². The summed E-state index contributed by atoms with van der Waals surface area (Å²) in [5, 5.41) is 12.7. The van der Waals surface area contributed by atoms with E-state index in [9.17, 15) is 23.1 Å². The lowest BCUT2D eigenvalue weighted by Gasteiger charge is -2.37. The van der Waals surface area contributed by atoms with Crippen molar-refractivity contribution in [3.63, 3.8) is 0 Å². The second kappa shape index (κ2) is 10.4. The number of fused-ring (bicyclic) bond motifs is 1. The predicted molar refractivity (Wildman–Crippen MR) is 164 cm³/mol. The van der Waals surface area contributed by atoms with Crippen LogP contribution in [-0.4, -0.2) is 72.0 Å². The summed E-state index contributed by atoms with van der Waals surface area (Å²) in [6, 6.07) is 13.6. The number of amides is 1. The van der Waals surface area contributed by atoms with Crippen LogP contribution in [0.15, 0.2) is 48.7 Å². The fourth-order valence-corrected chi connectivity index (χ4v) is 9.51. The highest BCUT2D eigenvalue weighted by atomic mass is 32.2. The molecule has 10 heteroatoms. The van der Waals surface area contributed by atoms with Gasteiger partial charge in [-0.2, -0.15) is 0 Å². The van der Waals surface area contributed by atoms with Crippen molar-refractivity contribution < 1.29 is 27.9 Å². The number of anilines is 1. The van der Waals surface area contributed by atoms with Crippen LogP contribution >= 0.6 is 0 Å². The van der Waals surface area contributed by atoms with Crippen LogP contribution in [0.4, 0.5) is 10.5 Å². The van der Waals surface area contributed by atoms with E-state index in [1.807, 2.05) is 36.4 Å². The molecular formula is C33H39N3O6S. The van der Waals surface area contributed by atoms with Crippen molar-refractivity contribution in [2.45, 2.75) is 75.3 Å². The number of aromatic nitrogens is 1. The molecule has 3 aliphatic heterocycles. The molecular weight excluding hydrogens is 566 g/mol. The SMILES string of the molecule is CCc1cn2c3c(cc(C(=O)C[C@@H](Cc4ccccc4)[C@H](O)[C@@H]4CC[C@H]5COC(=O)N5C4)cc13)N(C)S(=O)(=O)C1(CC1)C2. The highest BCUT2D eigenvalue weighted by molar-refractivity contribution is 7.94. The zero-order valence-electron chi connectivity index (χ0n) is 24.7. The molecule has 1 aliphatic carbocycles. The average Bonchev–Trinajstić information content (AvgIpc) is 3.62. The molecule has 9 nitrogen and oxygen atoms in total. The van der Waals surface area contributed by atoms with E-state index < -0.39 is 20.9 Å². The molecule has 1 saturated carbocycles. The number of aliphatic hydroxyl groups is 1. The highest BCUT2D eigenvalue weighted by Gasteiger charge is 2.58. The molecule has 1 amide bonds. The summed E-state index contributed by atoms with van der Waals surface area (Å²) >= 11 is 0. The summed E-state index contributed by atoms with van der Waals surface area (Å²) in [6.45, 7) is 3.31. The van der Waals surface area contributed by atoms with E-state index in [1.54, 1.807) is 18.0 Å². The van der Waals surface area contributed by atoms with Crippen LogP contribution in [0.5, 0.6) is 0 Å². The predicted octanol–water partition coefficient (Wildman–Crippen LogP) is 4.54. The van der Waals surface area contributed by atoms with Gasteiger partial charge >= 0.3 is 6.09 Å². The van der Waals surface area contributed by atoms with Gasteiger partial charge in [0.05, 0.1) is 23.3 Å². The Labute approximate surface area is 252 Å². The number of aryl methyl sites for hydroxylation is 1. The number of rotatable bonds is 8. The van der Waals surface area contributed by atoms with E-state index in [0.717, 1.165) is 41.3 Å². The Hall–Kier alpha value is -3.37. The minimum absolute atomic E-state index is 0.0565. The van der Waals surface area contributed by atoms with Gasteiger partial charge in [-0.05, 0) is 67.7 Å². The van der Waals surface area contributed by atoms with Gasteiger partial charge in [-0.25, -0.2) is 13.2 Å². The second-order valence-electron chi connectivity index (χ2n) is 13.0. The van der Waals surface area contributed by atoms with Crippen molar-refractivity contribution in [1.82, 2.24) is 9.47 Å². The number of sulfonamides is 1. The quantitative estimate of drug-likeness (QED) is 0.378. The number of hydrogen-bond acceptors (Lipinski definition) is 6. The number of nitrogens with zero attached hydrogens (tertiary/aromatic N) is 3. The fraction of sp³-hybridized carbons (Fsp3) is 0.515. The van der Waals surface area contributed by atoms with Gasteiger partial charge < -0.3 is 19.3 Å². The van der Waals surface area contributed by atoms with Gasteiger partial charge in [0.15, 0.2) is 5.78 Å². The summed E-state index contributed by atoms with van der Waals surface area (Å²) in [7, 11) is -1.99. The van der Waals surface area contributed by atoms with Gasteiger partial charge in [0.25, 0.3) is 0 Å². The Morgan fingerprint density at radius 1 is 1.16 bits per heavy atom. The Balaban J connectivity index is 1.22. The zero-order chi connectivity index (χ0) is 30.1. The van der Waals surface area contributed by atoms with Crippen LogP contribution in [0.2, 0.25) is 0 Å². The van der Waals surface area contributed by atoms with Gasteiger partial charge in [0.2, 0.25) is 10.0 Å². The molecule has 1 aromatic heterocycles. The van der Waals surface area contributed by atoms with E-state index in [4.69, 9.17) is 4.74 Å². The topological polar surface area (TPSA) is 109 Å². The second-order valence-corrected chi connectivity index (χ2v) is 15.3. The van der Waals surface area contributed by atoms with Crippen LogP contribution in [-0.2, 0) is 34.1 Å². The molecule has 0 unspecified atom stereocenters. The normalized spacial score (nSPS) is 24.9. The monoisotopic (exact) mass is 605 g/mol. The number of benzene rings is 2. The zero-order valence-corrected chi connectivity index (χ0v) is 25.6. The Kier molecular flexibility index (Phi) is 6.85. The molecule has 3 aromatic rings. The summed E-state index contributed by atoms with van der Waals surface area (Å²) < 4.78 is 35.3. The molecule has 1 N–H and O–H groups in total. The summed E-state index contributed by atoms with van der Waals surface area (Å²) in [6.07, 6.45) is 5.10. The molecule has 0 bridgehead atoms. The molecule has 1 spiro atoms. The van der Waals surface area contributed by atoms with Gasteiger partial charge in [-0.1, -0.05) is 37.3 Å². The van der Waals surface area contributed by atoms with Crippen LogP contribution in [0.25, 0.3) is 10.9 Å². The summed E-state index contributed by atoms with van der Waals surface area (Å²) in [5.41, 5.74) is 3.97. The number of hydrogen-bond donors (Lipinski definition) is 1. The van der Waals surface area contributed by atoms with E-state index in [1.165, 1.54) is 4.31 Å². The van der Waals surface area contributed by atoms with Crippen molar-refractivity contribution in [3.05, 3.63) is 65.4 Å².